The molecular formula is C42H52N4O5. The number of carbonyl (C=O) groups is 3. The van der Waals surface area contributed by atoms with Crippen molar-refractivity contribution in [1.82, 2.24) is 20.5 Å². The number of fused-ring (bicyclic) bond motifs is 1. The van der Waals surface area contributed by atoms with Gasteiger partial charge in [0.15, 0.2) is 11.5 Å². The number of furan rings is 1. The summed E-state index contributed by atoms with van der Waals surface area (Å²) in [6.45, 7) is 6.49. The van der Waals surface area contributed by atoms with Gasteiger partial charge in [0.2, 0.25) is 5.91 Å². The molecule has 0 radical (unpaired) electrons. The number of nitrogens with one attached hydrogen (secondary N) is 2. The van der Waals surface area contributed by atoms with Gasteiger partial charge in [-0.3, -0.25) is 24.3 Å². The number of likely N-dealkylation sites (tertiary alicyclic amines) is 1. The van der Waals surface area contributed by atoms with Crippen LogP contribution in [0.25, 0.3) is 22.2 Å². The summed E-state index contributed by atoms with van der Waals surface area (Å²) in [6, 6.07) is 20.1. The quantitative estimate of drug-likeness (QED) is 0.142. The van der Waals surface area contributed by atoms with E-state index in [-0.39, 0.29) is 29.9 Å². The third-order valence-corrected chi connectivity index (χ3v) is 10.2. The molecule has 9 nitrogen and oxygen atoms in total. The first-order chi connectivity index (χ1) is 24.8. The number of amides is 2. The molecule has 2 aromatic carbocycles. The Morgan fingerprint density at radius 1 is 0.980 bits per heavy atom. The molecule has 2 fully saturated rings. The summed E-state index contributed by atoms with van der Waals surface area (Å²) in [7, 11) is 0. The van der Waals surface area contributed by atoms with E-state index in [1.807, 2.05) is 56.3 Å². The number of nitrogens with zero attached hydrogens (tertiary/aromatic N) is 2. The van der Waals surface area contributed by atoms with Gasteiger partial charge in [0.05, 0.1) is 24.9 Å². The average Bonchev–Trinajstić information content (AvgIpc) is 3.49. The maximum absolute atomic E-state index is 13.6. The molecule has 1 aliphatic heterocycles. The molecule has 1 saturated heterocycles. The highest BCUT2D eigenvalue weighted by atomic mass is 16.5. The Kier molecular flexibility index (Phi) is 12.5. The number of ether oxygens (including phenoxy) is 1. The molecule has 1 saturated carbocycles. The third kappa shape index (κ3) is 10.3. The molecule has 270 valence electrons. The second-order valence-corrected chi connectivity index (χ2v) is 14.7. The lowest BCUT2D eigenvalue weighted by molar-refractivity contribution is -0.129. The SMILES string of the molecule is CC(C)CC(NC(=O)c1cc2cc(OCCC3CCCCC3)ccc2o1)C(=O)N[C@H]1CCCN(CCc2cccc(-c3ccccn3)c2)CC1=O. The molecule has 2 amide bonds. The highest BCUT2D eigenvalue weighted by molar-refractivity contribution is 5.99. The first-order valence-corrected chi connectivity index (χ1v) is 18.8. The van der Waals surface area contributed by atoms with E-state index >= 15 is 0 Å². The normalized spacial score (nSPS) is 18.0. The van der Waals surface area contributed by atoms with Gasteiger partial charge in [-0.1, -0.05) is 70.2 Å². The Morgan fingerprint density at radius 3 is 2.65 bits per heavy atom. The first kappa shape index (κ1) is 36.3. The van der Waals surface area contributed by atoms with Crippen LogP contribution in [-0.4, -0.2) is 65.8 Å². The molecule has 2 N–H and O–H groups in total. The Morgan fingerprint density at radius 2 is 1.84 bits per heavy atom. The van der Waals surface area contributed by atoms with Crippen LogP contribution in [0.2, 0.25) is 0 Å². The van der Waals surface area contributed by atoms with Crippen LogP contribution in [0.4, 0.5) is 0 Å². The number of hydrogen-bond donors (Lipinski definition) is 2. The lowest BCUT2D eigenvalue weighted by atomic mass is 9.87. The third-order valence-electron chi connectivity index (χ3n) is 10.2. The monoisotopic (exact) mass is 692 g/mol. The Balaban J connectivity index is 1.01. The summed E-state index contributed by atoms with van der Waals surface area (Å²) in [4.78, 5) is 47.0. The second-order valence-electron chi connectivity index (χ2n) is 14.7. The van der Waals surface area contributed by atoms with Crippen LogP contribution in [0.3, 0.4) is 0 Å². The minimum Gasteiger partial charge on any atom is -0.494 e. The van der Waals surface area contributed by atoms with Crippen molar-refractivity contribution in [3.63, 3.8) is 0 Å². The van der Waals surface area contributed by atoms with E-state index in [1.165, 1.54) is 37.7 Å². The summed E-state index contributed by atoms with van der Waals surface area (Å²) in [5.74, 6) is 0.962. The molecule has 2 aliphatic rings. The van der Waals surface area contributed by atoms with E-state index in [0.717, 1.165) is 60.7 Å². The topological polar surface area (TPSA) is 114 Å². The van der Waals surface area contributed by atoms with Gasteiger partial charge in [-0.2, -0.15) is 0 Å². The van der Waals surface area contributed by atoms with Crippen LogP contribution in [0.1, 0.15) is 87.8 Å². The highest BCUT2D eigenvalue weighted by Gasteiger charge is 2.30. The highest BCUT2D eigenvalue weighted by Crippen LogP contribution is 2.28. The summed E-state index contributed by atoms with van der Waals surface area (Å²) >= 11 is 0. The number of aromatic nitrogens is 1. The fraction of sp³-hybridized carbons (Fsp3) is 0.476. The fourth-order valence-corrected chi connectivity index (χ4v) is 7.39. The van der Waals surface area contributed by atoms with E-state index in [0.29, 0.717) is 25.0 Å². The Hall–Kier alpha value is -4.50. The number of rotatable bonds is 14. The van der Waals surface area contributed by atoms with Crippen LogP contribution in [0, 0.1) is 11.8 Å². The van der Waals surface area contributed by atoms with Gasteiger partial charge in [0, 0.05) is 23.7 Å². The predicted octanol–water partition coefficient (Wildman–Crippen LogP) is 7.38. The van der Waals surface area contributed by atoms with Crippen LogP contribution < -0.4 is 15.4 Å². The van der Waals surface area contributed by atoms with Crippen LogP contribution in [0.15, 0.2) is 77.3 Å². The predicted molar refractivity (Wildman–Crippen MR) is 200 cm³/mol. The van der Waals surface area contributed by atoms with Crippen LogP contribution in [0.5, 0.6) is 5.75 Å². The molecule has 2 atom stereocenters. The smallest absolute Gasteiger partial charge is 0.287 e. The van der Waals surface area contributed by atoms with Crippen molar-refractivity contribution in [1.29, 1.82) is 0 Å². The Labute approximate surface area is 301 Å². The second kappa shape index (κ2) is 17.6. The van der Waals surface area contributed by atoms with Crippen molar-refractivity contribution < 1.29 is 23.5 Å². The van der Waals surface area contributed by atoms with Gasteiger partial charge in [-0.15, -0.1) is 0 Å². The molecule has 4 aromatic rings. The van der Waals surface area contributed by atoms with Gasteiger partial charge < -0.3 is 19.8 Å². The zero-order chi connectivity index (χ0) is 35.6. The summed E-state index contributed by atoms with van der Waals surface area (Å²) in [6.07, 6.45) is 12.0. The van der Waals surface area contributed by atoms with Gasteiger partial charge in [-0.25, -0.2) is 0 Å². The maximum atomic E-state index is 13.6. The van der Waals surface area contributed by atoms with E-state index in [9.17, 15) is 14.4 Å². The number of Topliss-reactive ketones (excluding diaryl/α,β-unsaturated/α-hetero) is 1. The molecule has 0 spiro atoms. The molecule has 0 bridgehead atoms. The minimum absolute atomic E-state index is 0.00763. The van der Waals surface area contributed by atoms with Gasteiger partial charge >= 0.3 is 0 Å². The van der Waals surface area contributed by atoms with E-state index < -0.39 is 18.0 Å². The number of pyridine rings is 1. The fourth-order valence-electron chi connectivity index (χ4n) is 7.39. The van der Waals surface area contributed by atoms with E-state index in [1.54, 1.807) is 12.3 Å². The molecule has 9 heteroatoms. The zero-order valence-electron chi connectivity index (χ0n) is 30.1. The molecule has 51 heavy (non-hydrogen) atoms. The standard InChI is InChI=1S/C42H52N4O5/c1-29(2)24-37(45-42(49)40-27-33-26-34(16-17-39(33)51-40)50-23-19-30-10-4-3-5-11-30)41(48)44-36-15-9-21-46(28-38(36)47)22-18-31-12-8-13-32(25-31)35-14-6-7-20-43-35/h6-8,12-14,16-17,20,25-27,29-30,36-37H,3-5,9-11,15,18-19,21-24,28H2,1-2H3,(H,44,48)(H,45,49)/t36-,37?/m0/s1. The zero-order valence-corrected chi connectivity index (χ0v) is 30.1. The van der Waals surface area contributed by atoms with Crippen molar-refractivity contribution in [3.8, 4) is 17.0 Å². The molecule has 6 rings (SSSR count). The molecule has 1 aliphatic carbocycles. The largest absolute Gasteiger partial charge is 0.494 e. The van der Waals surface area contributed by atoms with Crippen LogP contribution in [-0.2, 0) is 16.0 Å². The number of ketones is 1. The van der Waals surface area contributed by atoms with Crippen molar-refractivity contribution in [2.24, 2.45) is 11.8 Å². The molecule has 1 unspecified atom stereocenters. The molecule has 3 heterocycles. The van der Waals surface area contributed by atoms with Gasteiger partial charge in [0.25, 0.3) is 5.91 Å². The van der Waals surface area contributed by atoms with Crippen molar-refractivity contribution in [2.45, 2.75) is 90.1 Å². The van der Waals surface area contributed by atoms with Crippen molar-refractivity contribution in [3.05, 3.63) is 84.3 Å². The van der Waals surface area contributed by atoms with Gasteiger partial charge in [0.1, 0.15) is 17.4 Å². The minimum atomic E-state index is -0.803. The van der Waals surface area contributed by atoms with E-state index in [4.69, 9.17) is 9.15 Å². The average molecular weight is 693 g/mol. The molecular weight excluding hydrogens is 640 g/mol. The Bertz CT molecular complexity index is 1760. The van der Waals surface area contributed by atoms with Crippen LogP contribution >= 0.6 is 0 Å². The lowest BCUT2D eigenvalue weighted by Crippen LogP contribution is -2.52. The van der Waals surface area contributed by atoms with E-state index in [2.05, 4.69) is 38.7 Å². The van der Waals surface area contributed by atoms with Crippen molar-refractivity contribution in [2.75, 3.05) is 26.2 Å². The number of benzene rings is 2. The maximum Gasteiger partial charge on any atom is 0.287 e. The van der Waals surface area contributed by atoms with Gasteiger partial charge in [-0.05, 0) is 98.5 Å². The number of hydrogen-bond acceptors (Lipinski definition) is 7. The lowest BCUT2D eigenvalue weighted by Gasteiger charge is -2.23. The first-order valence-electron chi connectivity index (χ1n) is 18.8. The summed E-state index contributed by atoms with van der Waals surface area (Å²) < 4.78 is 11.9. The summed E-state index contributed by atoms with van der Waals surface area (Å²) in [5.41, 5.74) is 3.78. The molecule has 2 aromatic heterocycles. The summed E-state index contributed by atoms with van der Waals surface area (Å²) in [5, 5.41) is 6.65. The number of carbonyl (C=O) groups excluding carboxylic acids is 3. The van der Waals surface area contributed by atoms with Crippen molar-refractivity contribution >= 4 is 28.6 Å².